The second-order valence-corrected chi connectivity index (χ2v) is 3.80. The lowest BCUT2D eigenvalue weighted by molar-refractivity contribution is -0.116. The second kappa shape index (κ2) is 7.63. The highest BCUT2D eigenvalue weighted by Gasteiger charge is 1.94. The van der Waals surface area contributed by atoms with Crippen molar-refractivity contribution in [1.29, 1.82) is 0 Å². The lowest BCUT2D eigenvalue weighted by Gasteiger charge is -1.99. The first-order valence-electron chi connectivity index (χ1n) is 5.92. The first kappa shape index (κ1) is 13.5. The first-order chi connectivity index (χ1) is 8.26. The van der Waals surface area contributed by atoms with Crippen LogP contribution in [0.4, 0.5) is 0 Å². The van der Waals surface area contributed by atoms with Crippen LogP contribution in [-0.2, 0) is 11.2 Å². The lowest BCUT2D eigenvalue weighted by Crippen LogP contribution is -2.22. The van der Waals surface area contributed by atoms with Gasteiger partial charge in [-0.25, -0.2) is 0 Å². The number of aliphatic hydroxyl groups excluding tert-OH is 1. The van der Waals surface area contributed by atoms with Crippen LogP contribution in [0.25, 0.3) is 6.08 Å². The van der Waals surface area contributed by atoms with E-state index in [0.717, 1.165) is 12.0 Å². The minimum absolute atomic E-state index is 0.0997. The number of hydrogen-bond acceptors (Lipinski definition) is 2. The van der Waals surface area contributed by atoms with Gasteiger partial charge in [0.05, 0.1) is 0 Å². The molecule has 0 saturated heterocycles. The van der Waals surface area contributed by atoms with Gasteiger partial charge in [0, 0.05) is 19.2 Å². The molecule has 0 aliphatic carbocycles. The molecule has 1 amide bonds. The fraction of sp³-hybridized carbons (Fsp3) is 0.357. The smallest absolute Gasteiger partial charge is 0.244 e. The maximum Gasteiger partial charge on any atom is 0.244 e. The minimum atomic E-state index is -0.127. The highest BCUT2D eigenvalue weighted by molar-refractivity contribution is 5.91. The van der Waals surface area contributed by atoms with Crippen LogP contribution >= 0.6 is 0 Å². The van der Waals surface area contributed by atoms with Crippen LogP contribution in [0.5, 0.6) is 0 Å². The average Bonchev–Trinajstić information content (AvgIpc) is 2.37. The molecule has 0 heterocycles. The molecule has 0 saturated carbocycles. The highest BCUT2D eigenvalue weighted by Crippen LogP contribution is 2.06. The molecule has 1 aromatic carbocycles. The second-order valence-electron chi connectivity index (χ2n) is 3.80. The summed E-state index contributed by atoms with van der Waals surface area (Å²) in [6.07, 6.45) is 4.91. The molecule has 0 radical (unpaired) electrons. The SMILES string of the molecule is CCc1ccc(/C=C/C(=O)NCCCO)cc1. The molecular formula is C14H19NO2. The summed E-state index contributed by atoms with van der Waals surface area (Å²) < 4.78 is 0. The molecule has 0 bridgehead atoms. The normalized spacial score (nSPS) is 10.7. The molecule has 0 spiro atoms. The average molecular weight is 233 g/mol. The lowest BCUT2D eigenvalue weighted by atomic mass is 10.1. The Labute approximate surface area is 102 Å². The Morgan fingerprint density at radius 3 is 2.65 bits per heavy atom. The number of aryl methyl sites for hydroxylation is 1. The molecule has 1 rings (SSSR count). The van der Waals surface area contributed by atoms with E-state index in [2.05, 4.69) is 24.4 Å². The van der Waals surface area contributed by atoms with Gasteiger partial charge in [0.25, 0.3) is 0 Å². The van der Waals surface area contributed by atoms with Gasteiger partial charge in [-0.15, -0.1) is 0 Å². The zero-order chi connectivity index (χ0) is 12.5. The Kier molecular flexibility index (Phi) is 6.04. The van der Waals surface area contributed by atoms with Crippen LogP contribution in [0.2, 0.25) is 0 Å². The van der Waals surface area contributed by atoms with Crippen molar-refractivity contribution in [2.24, 2.45) is 0 Å². The van der Waals surface area contributed by atoms with Crippen LogP contribution in [0.3, 0.4) is 0 Å². The third-order valence-electron chi connectivity index (χ3n) is 2.45. The Balaban J connectivity index is 2.43. The molecule has 0 atom stereocenters. The Hall–Kier alpha value is -1.61. The van der Waals surface area contributed by atoms with Crippen LogP contribution in [0.15, 0.2) is 30.3 Å². The standard InChI is InChI=1S/C14H19NO2/c1-2-12-4-6-13(7-5-12)8-9-14(17)15-10-3-11-16/h4-9,16H,2-3,10-11H2,1H3,(H,15,17)/b9-8+. The molecule has 0 aromatic heterocycles. The maximum atomic E-state index is 11.3. The van der Waals surface area contributed by atoms with Crippen LogP contribution in [-0.4, -0.2) is 24.2 Å². The van der Waals surface area contributed by atoms with E-state index in [1.807, 2.05) is 12.1 Å². The number of nitrogens with one attached hydrogen (secondary N) is 1. The fourth-order valence-electron chi connectivity index (χ4n) is 1.39. The molecule has 1 aromatic rings. The summed E-state index contributed by atoms with van der Waals surface area (Å²) >= 11 is 0. The zero-order valence-corrected chi connectivity index (χ0v) is 10.1. The van der Waals surface area contributed by atoms with Crippen molar-refractivity contribution in [3.63, 3.8) is 0 Å². The van der Waals surface area contributed by atoms with Gasteiger partial charge >= 0.3 is 0 Å². The van der Waals surface area contributed by atoms with Gasteiger partial charge in [-0.05, 0) is 30.0 Å². The van der Waals surface area contributed by atoms with E-state index in [-0.39, 0.29) is 12.5 Å². The maximum absolute atomic E-state index is 11.3. The van der Waals surface area contributed by atoms with Crippen molar-refractivity contribution in [3.05, 3.63) is 41.5 Å². The summed E-state index contributed by atoms with van der Waals surface area (Å²) in [5.41, 5.74) is 2.30. The van der Waals surface area contributed by atoms with Gasteiger partial charge in [0.2, 0.25) is 5.91 Å². The van der Waals surface area contributed by atoms with Crippen molar-refractivity contribution < 1.29 is 9.90 Å². The Morgan fingerprint density at radius 2 is 2.06 bits per heavy atom. The summed E-state index contributed by atoms with van der Waals surface area (Å²) in [5, 5.41) is 11.3. The Morgan fingerprint density at radius 1 is 1.35 bits per heavy atom. The molecule has 92 valence electrons. The fourth-order valence-corrected chi connectivity index (χ4v) is 1.39. The monoisotopic (exact) mass is 233 g/mol. The van der Waals surface area contributed by atoms with E-state index < -0.39 is 0 Å². The van der Waals surface area contributed by atoms with E-state index in [4.69, 9.17) is 5.11 Å². The highest BCUT2D eigenvalue weighted by atomic mass is 16.3. The molecule has 3 nitrogen and oxygen atoms in total. The molecule has 2 N–H and O–H groups in total. The van der Waals surface area contributed by atoms with Crippen molar-refractivity contribution in [1.82, 2.24) is 5.32 Å². The number of aliphatic hydroxyl groups is 1. The van der Waals surface area contributed by atoms with E-state index in [1.165, 1.54) is 11.6 Å². The third-order valence-corrected chi connectivity index (χ3v) is 2.45. The quantitative estimate of drug-likeness (QED) is 0.581. The summed E-state index contributed by atoms with van der Waals surface area (Å²) in [4.78, 5) is 11.3. The largest absolute Gasteiger partial charge is 0.396 e. The van der Waals surface area contributed by atoms with Gasteiger partial charge in [-0.2, -0.15) is 0 Å². The van der Waals surface area contributed by atoms with Crippen LogP contribution in [0, 0.1) is 0 Å². The topological polar surface area (TPSA) is 49.3 Å². The van der Waals surface area contributed by atoms with Crippen LogP contribution < -0.4 is 5.32 Å². The molecule has 0 unspecified atom stereocenters. The number of carbonyl (C=O) groups is 1. The van der Waals surface area contributed by atoms with Crippen molar-refractivity contribution in [3.8, 4) is 0 Å². The predicted molar refractivity (Wildman–Crippen MR) is 69.6 cm³/mol. The number of benzene rings is 1. The summed E-state index contributed by atoms with van der Waals surface area (Å²) in [6.45, 7) is 2.72. The van der Waals surface area contributed by atoms with E-state index in [9.17, 15) is 4.79 Å². The van der Waals surface area contributed by atoms with E-state index >= 15 is 0 Å². The molecular weight excluding hydrogens is 214 g/mol. The van der Waals surface area contributed by atoms with Crippen molar-refractivity contribution in [2.75, 3.05) is 13.2 Å². The third kappa shape index (κ3) is 5.31. The van der Waals surface area contributed by atoms with E-state index in [0.29, 0.717) is 13.0 Å². The van der Waals surface area contributed by atoms with Gasteiger partial charge in [0.15, 0.2) is 0 Å². The minimum Gasteiger partial charge on any atom is -0.396 e. The zero-order valence-electron chi connectivity index (χ0n) is 10.1. The van der Waals surface area contributed by atoms with Gasteiger partial charge in [-0.1, -0.05) is 31.2 Å². The Bertz CT molecular complexity index is 368. The predicted octanol–water partition coefficient (Wildman–Crippen LogP) is 1.76. The summed E-state index contributed by atoms with van der Waals surface area (Å²) in [7, 11) is 0. The van der Waals surface area contributed by atoms with Gasteiger partial charge < -0.3 is 10.4 Å². The molecule has 0 fully saturated rings. The van der Waals surface area contributed by atoms with E-state index in [1.54, 1.807) is 6.08 Å². The molecule has 3 heteroatoms. The first-order valence-corrected chi connectivity index (χ1v) is 5.92. The van der Waals surface area contributed by atoms with Gasteiger partial charge in [-0.3, -0.25) is 4.79 Å². The molecule has 0 aliphatic rings. The number of rotatable bonds is 6. The molecule has 0 aliphatic heterocycles. The number of carbonyl (C=O) groups excluding carboxylic acids is 1. The number of amides is 1. The number of hydrogen-bond donors (Lipinski definition) is 2. The van der Waals surface area contributed by atoms with Gasteiger partial charge in [0.1, 0.15) is 0 Å². The van der Waals surface area contributed by atoms with Crippen LogP contribution in [0.1, 0.15) is 24.5 Å². The van der Waals surface area contributed by atoms with Crippen molar-refractivity contribution in [2.45, 2.75) is 19.8 Å². The van der Waals surface area contributed by atoms with Crippen molar-refractivity contribution >= 4 is 12.0 Å². The summed E-state index contributed by atoms with van der Waals surface area (Å²) in [6, 6.07) is 8.11. The molecule has 17 heavy (non-hydrogen) atoms. The summed E-state index contributed by atoms with van der Waals surface area (Å²) in [5.74, 6) is -0.127.